The molecule has 2 aromatic heterocycles. The summed E-state index contributed by atoms with van der Waals surface area (Å²) < 4.78 is 7.52. The number of aryl methyl sites for hydroxylation is 1. The van der Waals surface area contributed by atoms with Crippen molar-refractivity contribution in [3.8, 4) is 11.4 Å². The van der Waals surface area contributed by atoms with Crippen LogP contribution < -0.4 is 10.6 Å². The monoisotopic (exact) mass is 378 g/mol. The minimum absolute atomic E-state index is 0.355. The molecule has 1 aromatic carbocycles. The number of anilines is 1. The van der Waals surface area contributed by atoms with Crippen molar-refractivity contribution in [2.45, 2.75) is 19.6 Å². The summed E-state index contributed by atoms with van der Waals surface area (Å²) in [6.45, 7) is 4.05. The smallest absolute Gasteiger partial charge is 0.248 e. The van der Waals surface area contributed by atoms with E-state index in [1.165, 1.54) is 5.56 Å². The molecule has 8 nitrogen and oxygen atoms in total. The molecule has 1 amide bonds. The molecule has 3 heterocycles. The third-order valence-electron chi connectivity index (χ3n) is 4.74. The normalized spacial score (nSPS) is 16.9. The quantitative estimate of drug-likeness (QED) is 0.720. The second-order valence-corrected chi connectivity index (χ2v) is 6.85. The Morgan fingerprint density at radius 2 is 2.18 bits per heavy atom. The lowest BCUT2D eigenvalue weighted by Gasteiger charge is -2.32. The number of nitrogens with zero attached hydrogens (tertiary/aromatic N) is 5. The molecule has 0 saturated carbocycles. The van der Waals surface area contributed by atoms with Crippen LogP contribution in [0.2, 0.25) is 0 Å². The average Bonchev–Trinajstić information content (AvgIpc) is 3.12. The van der Waals surface area contributed by atoms with Crippen LogP contribution >= 0.6 is 0 Å². The van der Waals surface area contributed by atoms with Crippen LogP contribution in [0.3, 0.4) is 0 Å². The molecule has 8 heteroatoms. The van der Waals surface area contributed by atoms with Crippen molar-refractivity contribution in [2.75, 3.05) is 24.6 Å². The van der Waals surface area contributed by atoms with Crippen molar-refractivity contribution in [2.24, 2.45) is 5.73 Å². The Balaban J connectivity index is 1.74. The maximum absolute atomic E-state index is 11.6. The minimum atomic E-state index is -0.653. The fourth-order valence-corrected chi connectivity index (χ4v) is 3.38. The summed E-state index contributed by atoms with van der Waals surface area (Å²) in [5.74, 6) is 0.948. The van der Waals surface area contributed by atoms with Gasteiger partial charge in [0.2, 0.25) is 11.9 Å². The van der Waals surface area contributed by atoms with E-state index in [2.05, 4.69) is 44.9 Å². The number of benzene rings is 1. The number of carbonyl (C=O) groups is 1. The first-order chi connectivity index (χ1) is 13.6. The van der Waals surface area contributed by atoms with Crippen LogP contribution in [0, 0.1) is 6.92 Å². The zero-order chi connectivity index (χ0) is 19.5. The van der Waals surface area contributed by atoms with Crippen molar-refractivity contribution in [1.29, 1.82) is 0 Å². The Kier molecular flexibility index (Phi) is 5.03. The van der Waals surface area contributed by atoms with Gasteiger partial charge < -0.3 is 15.4 Å². The molecule has 4 rings (SSSR count). The Bertz CT molecular complexity index is 972. The highest BCUT2D eigenvalue weighted by atomic mass is 16.5. The molecule has 1 saturated heterocycles. The molecule has 0 aliphatic carbocycles. The highest BCUT2D eigenvalue weighted by molar-refractivity contribution is 5.79. The SMILES string of the molecule is Cc1cccc(Cn2c(-c3cccnc3)nnc2N2CCOC(C(N)=O)C2)c1. The van der Waals surface area contributed by atoms with Crippen LogP contribution in [-0.2, 0) is 16.1 Å². The van der Waals surface area contributed by atoms with E-state index in [4.69, 9.17) is 10.5 Å². The molecule has 1 aliphatic rings. The van der Waals surface area contributed by atoms with E-state index < -0.39 is 12.0 Å². The lowest BCUT2D eigenvalue weighted by atomic mass is 10.1. The van der Waals surface area contributed by atoms with Crippen molar-refractivity contribution < 1.29 is 9.53 Å². The van der Waals surface area contributed by atoms with Crippen LogP contribution in [0.15, 0.2) is 48.8 Å². The van der Waals surface area contributed by atoms with Crippen LogP contribution in [-0.4, -0.2) is 51.5 Å². The number of rotatable bonds is 5. The standard InChI is InChI=1S/C20H22N6O2/c1-14-4-2-5-15(10-14)12-26-19(16-6-3-7-22-11-16)23-24-20(26)25-8-9-28-17(13-25)18(21)27/h2-7,10-11,17H,8-9,12-13H2,1H3,(H2,21,27). The largest absolute Gasteiger partial charge is 0.367 e. The minimum Gasteiger partial charge on any atom is -0.367 e. The highest BCUT2D eigenvalue weighted by Gasteiger charge is 2.28. The zero-order valence-electron chi connectivity index (χ0n) is 15.7. The van der Waals surface area contributed by atoms with Gasteiger partial charge in [-0.05, 0) is 24.6 Å². The Labute approximate surface area is 163 Å². The van der Waals surface area contributed by atoms with Crippen molar-refractivity contribution in [3.05, 3.63) is 59.9 Å². The lowest BCUT2D eigenvalue weighted by Crippen LogP contribution is -2.49. The molecule has 1 atom stereocenters. The van der Waals surface area contributed by atoms with Crippen molar-refractivity contribution in [1.82, 2.24) is 19.7 Å². The molecule has 1 unspecified atom stereocenters. The van der Waals surface area contributed by atoms with Crippen LogP contribution in [0.1, 0.15) is 11.1 Å². The first kappa shape index (κ1) is 18.1. The van der Waals surface area contributed by atoms with Gasteiger partial charge in [0.25, 0.3) is 0 Å². The first-order valence-electron chi connectivity index (χ1n) is 9.17. The summed E-state index contributed by atoms with van der Waals surface area (Å²) in [6, 6.07) is 12.2. The molecule has 0 bridgehead atoms. The summed E-state index contributed by atoms with van der Waals surface area (Å²) in [6.07, 6.45) is 2.84. The molecule has 2 N–H and O–H groups in total. The summed E-state index contributed by atoms with van der Waals surface area (Å²) in [5, 5.41) is 8.86. The maximum Gasteiger partial charge on any atom is 0.248 e. The third kappa shape index (κ3) is 3.72. The number of morpholine rings is 1. The van der Waals surface area contributed by atoms with Crippen molar-refractivity contribution >= 4 is 11.9 Å². The average molecular weight is 378 g/mol. The van der Waals surface area contributed by atoms with Gasteiger partial charge in [0.15, 0.2) is 11.9 Å². The molecule has 144 valence electrons. The van der Waals surface area contributed by atoms with Gasteiger partial charge in [-0.25, -0.2) is 0 Å². The molecule has 28 heavy (non-hydrogen) atoms. The number of primary amides is 1. The van der Waals surface area contributed by atoms with E-state index in [-0.39, 0.29) is 0 Å². The van der Waals surface area contributed by atoms with Gasteiger partial charge in [-0.15, -0.1) is 10.2 Å². The lowest BCUT2D eigenvalue weighted by molar-refractivity contribution is -0.130. The van der Waals surface area contributed by atoms with Crippen LogP contribution in [0.4, 0.5) is 5.95 Å². The predicted octanol–water partition coefficient (Wildman–Crippen LogP) is 1.39. The molecule has 1 aliphatic heterocycles. The van der Waals surface area contributed by atoms with Gasteiger partial charge in [-0.3, -0.25) is 14.3 Å². The Hall–Kier alpha value is -3.26. The summed E-state index contributed by atoms with van der Waals surface area (Å²) in [4.78, 5) is 17.8. The second kappa shape index (κ2) is 7.77. The van der Waals surface area contributed by atoms with E-state index in [1.807, 2.05) is 23.1 Å². The molecule has 0 spiro atoms. The third-order valence-corrected chi connectivity index (χ3v) is 4.74. The number of amides is 1. The highest BCUT2D eigenvalue weighted by Crippen LogP contribution is 2.25. The van der Waals surface area contributed by atoms with Gasteiger partial charge >= 0.3 is 0 Å². The van der Waals surface area contributed by atoms with E-state index in [9.17, 15) is 4.79 Å². The van der Waals surface area contributed by atoms with Gasteiger partial charge in [0, 0.05) is 24.5 Å². The van der Waals surface area contributed by atoms with Gasteiger partial charge in [-0.1, -0.05) is 29.8 Å². The van der Waals surface area contributed by atoms with E-state index in [0.717, 1.165) is 17.0 Å². The van der Waals surface area contributed by atoms with E-state index in [0.29, 0.717) is 32.2 Å². The maximum atomic E-state index is 11.6. The number of hydrogen-bond acceptors (Lipinski definition) is 6. The fourth-order valence-electron chi connectivity index (χ4n) is 3.38. The molecule has 3 aromatic rings. The molecular formula is C20H22N6O2. The predicted molar refractivity (Wildman–Crippen MR) is 105 cm³/mol. The summed E-state index contributed by atoms with van der Waals surface area (Å²) >= 11 is 0. The van der Waals surface area contributed by atoms with Gasteiger partial charge in [0.1, 0.15) is 0 Å². The van der Waals surface area contributed by atoms with E-state index >= 15 is 0 Å². The summed E-state index contributed by atoms with van der Waals surface area (Å²) in [5.41, 5.74) is 8.66. The second-order valence-electron chi connectivity index (χ2n) is 6.85. The summed E-state index contributed by atoms with van der Waals surface area (Å²) in [7, 11) is 0. The van der Waals surface area contributed by atoms with Crippen LogP contribution in [0.5, 0.6) is 0 Å². The number of carbonyl (C=O) groups excluding carboxylic acids is 1. The Morgan fingerprint density at radius 3 is 2.93 bits per heavy atom. The molecule has 1 fully saturated rings. The van der Waals surface area contributed by atoms with Crippen molar-refractivity contribution in [3.63, 3.8) is 0 Å². The zero-order valence-corrected chi connectivity index (χ0v) is 15.7. The van der Waals surface area contributed by atoms with Crippen LogP contribution in [0.25, 0.3) is 11.4 Å². The number of aromatic nitrogens is 4. The number of hydrogen-bond donors (Lipinski definition) is 1. The van der Waals surface area contributed by atoms with E-state index in [1.54, 1.807) is 12.4 Å². The Morgan fingerprint density at radius 1 is 1.29 bits per heavy atom. The fraction of sp³-hybridized carbons (Fsp3) is 0.300. The number of ether oxygens (including phenoxy) is 1. The molecule has 0 radical (unpaired) electrons. The molecular weight excluding hydrogens is 356 g/mol. The van der Waals surface area contributed by atoms with Gasteiger partial charge in [0.05, 0.1) is 19.7 Å². The topological polar surface area (TPSA) is 99.2 Å². The number of nitrogens with two attached hydrogens (primary N) is 1. The first-order valence-corrected chi connectivity index (χ1v) is 9.17. The van der Waals surface area contributed by atoms with Gasteiger partial charge in [-0.2, -0.15) is 0 Å². The number of pyridine rings is 1.